The number of rotatable bonds is 3. The van der Waals surface area contributed by atoms with Gasteiger partial charge in [-0.15, -0.1) is 0 Å². The molecule has 98 valence electrons. The first-order chi connectivity index (χ1) is 9.11. The van der Waals surface area contributed by atoms with Gasteiger partial charge in [-0.25, -0.2) is 8.78 Å². The normalized spacial score (nSPS) is 10.3. The van der Waals surface area contributed by atoms with Gasteiger partial charge in [-0.3, -0.25) is 4.79 Å². The summed E-state index contributed by atoms with van der Waals surface area (Å²) in [5.41, 5.74) is 1.23. The minimum Gasteiger partial charge on any atom is -0.319 e. The lowest BCUT2D eigenvalue weighted by Crippen LogP contribution is -2.13. The summed E-state index contributed by atoms with van der Waals surface area (Å²) in [6.45, 7) is 0. The Bertz CT molecular complexity index is 599. The van der Waals surface area contributed by atoms with Crippen molar-refractivity contribution in [1.29, 1.82) is 0 Å². The minimum absolute atomic E-state index is 0.172. The molecule has 19 heavy (non-hydrogen) atoms. The fraction of sp³-hybridized carbons (Fsp3) is 0.0714. The Morgan fingerprint density at radius 2 is 1.79 bits per heavy atom. The second kappa shape index (κ2) is 5.93. The third kappa shape index (κ3) is 3.17. The standard InChI is InChI=1S/C14H10BrF2NO/c15-8-9-4-6-10(7-5-9)14(19)18-12-3-1-2-11(16)13(12)17/h1-7H,8H2,(H,18,19). The number of hydrogen-bond acceptors (Lipinski definition) is 1. The summed E-state index contributed by atoms with van der Waals surface area (Å²) in [4.78, 5) is 11.9. The summed E-state index contributed by atoms with van der Waals surface area (Å²) >= 11 is 3.30. The zero-order valence-corrected chi connectivity index (χ0v) is 11.4. The van der Waals surface area contributed by atoms with Crippen molar-refractivity contribution in [2.24, 2.45) is 0 Å². The first kappa shape index (κ1) is 13.7. The molecule has 2 rings (SSSR count). The predicted octanol–water partition coefficient (Wildman–Crippen LogP) is 4.11. The fourth-order valence-corrected chi connectivity index (χ4v) is 1.91. The number of nitrogens with one attached hydrogen (secondary N) is 1. The Kier molecular flexibility index (Phi) is 4.27. The molecule has 2 aromatic rings. The maximum absolute atomic E-state index is 13.4. The zero-order valence-electron chi connectivity index (χ0n) is 9.79. The predicted molar refractivity (Wildman–Crippen MR) is 73.4 cm³/mol. The van der Waals surface area contributed by atoms with Crippen LogP contribution in [0.15, 0.2) is 42.5 Å². The lowest BCUT2D eigenvalue weighted by atomic mass is 10.1. The molecule has 0 heterocycles. The van der Waals surface area contributed by atoms with E-state index in [1.54, 1.807) is 24.3 Å². The number of halogens is 3. The number of alkyl halides is 1. The van der Waals surface area contributed by atoms with Crippen molar-refractivity contribution < 1.29 is 13.6 Å². The van der Waals surface area contributed by atoms with Gasteiger partial charge < -0.3 is 5.32 Å². The maximum atomic E-state index is 13.4. The van der Waals surface area contributed by atoms with Gasteiger partial charge in [0.25, 0.3) is 5.91 Å². The van der Waals surface area contributed by atoms with Gasteiger partial charge in [0.1, 0.15) is 0 Å². The minimum atomic E-state index is -1.06. The van der Waals surface area contributed by atoms with E-state index in [-0.39, 0.29) is 5.69 Å². The molecule has 0 aliphatic heterocycles. The molecule has 2 nitrogen and oxygen atoms in total. The Labute approximate surface area is 117 Å². The van der Waals surface area contributed by atoms with Gasteiger partial charge in [0.2, 0.25) is 0 Å². The number of benzene rings is 2. The lowest BCUT2D eigenvalue weighted by molar-refractivity contribution is 0.102. The highest BCUT2D eigenvalue weighted by Crippen LogP contribution is 2.17. The second-order valence-electron chi connectivity index (χ2n) is 3.89. The van der Waals surface area contributed by atoms with Gasteiger partial charge in [0.05, 0.1) is 5.69 Å². The molecular formula is C14H10BrF2NO. The van der Waals surface area contributed by atoms with E-state index in [4.69, 9.17) is 0 Å². The molecule has 0 unspecified atom stereocenters. The van der Waals surface area contributed by atoms with Crippen molar-refractivity contribution in [2.45, 2.75) is 5.33 Å². The molecular weight excluding hydrogens is 316 g/mol. The second-order valence-corrected chi connectivity index (χ2v) is 4.45. The maximum Gasteiger partial charge on any atom is 0.255 e. The molecule has 5 heteroatoms. The third-order valence-electron chi connectivity index (χ3n) is 2.57. The van der Waals surface area contributed by atoms with Crippen LogP contribution in [0.25, 0.3) is 0 Å². The third-order valence-corrected chi connectivity index (χ3v) is 3.22. The van der Waals surface area contributed by atoms with E-state index in [0.717, 1.165) is 11.6 Å². The van der Waals surface area contributed by atoms with Gasteiger partial charge in [-0.1, -0.05) is 34.1 Å². The molecule has 0 atom stereocenters. The topological polar surface area (TPSA) is 29.1 Å². The first-order valence-corrected chi connectivity index (χ1v) is 6.64. The van der Waals surface area contributed by atoms with Crippen LogP contribution in [0.2, 0.25) is 0 Å². The molecule has 0 aromatic heterocycles. The van der Waals surface area contributed by atoms with Gasteiger partial charge in [0.15, 0.2) is 11.6 Å². The average molecular weight is 326 g/mol. The van der Waals surface area contributed by atoms with Crippen LogP contribution < -0.4 is 5.32 Å². The first-order valence-electron chi connectivity index (χ1n) is 5.52. The summed E-state index contributed by atoms with van der Waals surface area (Å²) in [6, 6.07) is 10.5. The van der Waals surface area contributed by atoms with Crippen molar-refractivity contribution in [3.05, 3.63) is 65.2 Å². The molecule has 0 saturated heterocycles. The van der Waals surface area contributed by atoms with Crippen LogP contribution in [-0.4, -0.2) is 5.91 Å². The molecule has 0 fully saturated rings. The number of carbonyl (C=O) groups is 1. The largest absolute Gasteiger partial charge is 0.319 e. The molecule has 0 spiro atoms. The van der Waals surface area contributed by atoms with Crippen LogP contribution in [0.3, 0.4) is 0 Å². The van der Waals surface area contributed by atoms with E-state index in [0.29, 0.717) is 10.9 Å². The van der Waals surface area contributed by atoms with E-state index in [1.807, 2.05) is 0 Å². The molecule has 1 N–H and O–H groups in total. The summed E-state index contributed by atoms with van der Waals surface area (Å²) in [7, 11) is 0. The Hall–Kier alpha value is -1.75. The van der Waals surface area contributed by atoms with Crippen LogP contribution >= 0.6 is 15.9 Å². The summed E-state index contributed by atoms with van der Waals surface area (Å²) in [5.74, 6) is -2.54. The van der Waals surface area contributed by atoms with E-state index in [9.17, 15) is 13.6 Å². The van der Waals surface area contributed by atoms with Gasteiger partial charge in [0, 0.05) is 10.9 Å². The van der Waals surface area contributed by atoms with Crippen LogP contribution in [0.1, 0.15) is 15.9 Å². The van der Waals surface area contributed by atoms with Crippen molar-refractivity contribution >= 4 is 27.5 Å². The van der Waals surface area contributed by atoms with E-state index in [1.165, 1.54) is 12.1 Å². The van der Waals surface area contributed by atoms with Crippen molar-refractivity contribution in [3.8, 4) is 0 Å². The monoisotopic (exact) mass is 325 g/mol. The number of carbonyl (C=O) groups excluding carboxylic acids is 1. The quantitative estimate of drug-likeness (QED) is 0.845. The van der Waals surface area contributed by atoms with Gasteiger partial charge >= 0.3 is 0 Å². The smallest absolute Gasteiger partial charge is 0.255 e. The fourth-order valence-electron chi connectivity index (χ4n) is 1.54. The highest BCUT2D eigenvalue weighted by Gasteiger charge is 2.11. The van der Waals surface area contributed by atoms with Crippen LogP contribution in [0.5, 0.6) is 0 Å². The summed E-state index contributed by atoms with van der Waals surface area (Å²) in [6.07, 6.45) is 0. The molecule has 0 radical (unpaired) electrons. The highest BCUT2D eigenvalue weighted by atomic mass is 79.9. The SMILES string of the molecule is O=C(Nc1cccc(F)c1F)c1ccc(CBr)cc1. The zero-order chi connectivity index (χ0) is 13.8. The Morgan fingerprint density at radius 1 is 1.11 bits per heavy atom. The molecule has 0 bridgehead atoms. The number of hydrogen-bond donors (Lipinski definition) is 1. The number of anilines is 1. The molecule has 0 saturated carbocycles. The van der Waals surface area contributed by atoms with Crippen molar-refractivity contribution in [1.82, 2.24) is 0 Å². The Morgan fingerprint density at radius 3 is 2.42 bits per heavy atom. The highest BCUT2D eigenvalue weighted by molar-refractivity contribution is 9.08. The Balaban J connectivity index is 2.18. The molecule has 1 amide bonds. The lowest BCUT2D eigenvalue weighted by Gasteiger charge is -2.07. The van der Waals surface area contributed by atoms with E-state index in [2.05, 4.69) is 21.2 Å². The molecule has 0 aliphatic rings. The summed E-state index contributed by atoms with van der Waals surface area (Å²) in [5, 5.41) is 3.03. The van der Waals surface area contributed by atoms with Crippen molar-refractivity contribution in [3.63, 3.8) is 0 Å². The van der Waals surface area contributed by atoms with E-state index >= 15 is 0 Å². The van der Waals surface area contributed by atoms with E-state index < -0.39 is 17.5 Å². The van der Waals surface area contributed by atoms with Crippen LogP contribution in [0.4, 0.5) is 14.5 Å². The molecule has 0 aliphatic carbocycles. The van der Waals surface area contributed by atoms with Crippen LogP contribution in [-0.2, 0) is 5.33 Å². The van der Waals surface area contributed by atoms with Gasteiger partial charge in [-0.05, 0) is 29.8 Å². The average Bonchev–Trinajstić information content (AvgIpc) is 2.44. The molecule has 2 aromatic carbocycles. The number of amides is 1. The van der Waals surface area contributed by atoms with Gasteiger partial charge in [-0.2, -0.15) is 0 Å². The van der Waals surface area contributed by atoms with Crippen LogP contribution in [0, 0.1) is 11.6 Å². The summed E-state index contributed by atoms with van der Waals surface area (Å²) < 4.78 is 26.4. The van der Waals surface area contributed by atoms with Crippen molar-refractivity contribution in [2.75, 3.05) is 5.32 Å².